The zero-order valence-electron chi connectivity index (χ0n) is 14.3. The predicted molar refractivity (Wildman–Crippen MR) is 99.7 cm³/mol. The number of carbonyl (C=O) groups excluding carboxylic acids is 1. The molecule has 0 saturated carbocycles. The molecule has 1 fully saturated rings. The van der Waals surface area contributed by atoms with Crippen molar-refractivity contribution in [2.75, 3.05) is 26.0 Å². The molecule has 0 aromatic heterocycles. The van der Waals surface area contributed by atoms with Gasteiger partial charge >= 0.3 is 0 Å². The van der Waals surface area contributed by atoms with Crippen LogP contribution in [0.2, 0.25) is 0 Å². The maximum atomic E-state index is 12.8. The number of carbonyl (C=O) groups is 1. The van der Waals surface area contributed by atoms with Gasteiger partial charge in [0, 0.05) is 30.8 Å². The van der Waals surface area contributed by atoms with Crippen LogP contribution in [0.1, 0.15) is 18.1 Å². The summed E-state index contributed by atoms with van der Waals surface area (Å²) >= 11 is 1.85. The Bertz CT molecular complexity index is 690. The number of nitrogens with zero attached hydrogens (tertiary/aromatic N) is 1. The van der Waals surface area contributed by atoms with E-state index in [0.717, 1.165) is 30.8 Å². The van der Waals surface area contributed by atoms with E-state index in [1.54, 1.807) is 31.4 Å². The number of rotatable bonds is 6. The number of hydrogen-bond acceptors (Lipinski definition) is 4. The Morgan fingerprint density at radius 3 is 2.64 bits per heavy atom. The molecule has 1 saturated heterocycles. The van der Waals surface area contributed by atoms with Crippen molar-refractivity contribution >= 4 is 17.7 Å². The van der Waals surface area contributed by atoms with E-state index in [4.69, 9.17) is 4.74 Å². The van der Waals surface area contributed by atoms with Crippen LogP contribution >= 0.6 is 11.8 Å². The Kier molecular flexibility index (Phi) is 6.00. The van der Waals surface area contributed by atoms with Gasteiger partial charge in [0.1, 0.15) is 5.75 Å². The van der Waals surface area contributed by atoms with Gasteiger partial charge in [-0.3, -0.25) is 4.79 Å². The van der Waals surface area contributed by atoms with Crippen molar-refractivity contribution in [3.05, 3.63) is 60.2 Å². The highest BCUT2D eigenvalue weighted by molar-refractivity contribution is 7.99. The van der Waals surface area contributed by atoms with Crippen LogP contribution in [0.5, 0.6) is 5.75 Å². The van der Waals surface area contributed by atoms with Crippen LogP contribution in [-0.4, -0.2) is 41.9 Å². The number of thioether (sulfide) groups is 1. The fourth-order valence-electron chi connectivity index (χ4n) is 3.09. The second-order valence-corrected chi connectivity index (χ2v) is 7.36. The number of amides is 1. The fourth-order valence-corrected chi connectivity index (χ4v) is 4.14. The number of benzene rings is 2. The minimum atomic E-state index is -0.610. The molecule has 2 aromatic carbocycles. The summed E-state index contributed by atoms with van der Waals surface area (Å²) in [6.07, 6.45) is 0.415. The van der Waals surface area contributed by atoms with Gasteiger partial charge in [0.25, 0.3) is 5.91 Å². The number of methoxy groups -OCH3 is 1. The third-order valence-corrected chi connectivity index (χ3v) is 5.73. The van der Waals surface area contributed by atoms with Crippen LogP contribution in [-0.2, 0) is 9.53 Å². The second kappa shape index (κ2) is 8.41. The van der Waals surface area contributed by atoms with Gasteiger partial charge in [0.05, 0.1) is 0 Å². The highest BCUT2D eigenvalue weighted by Crippen LogP contribution is 2.29. The highest BCUT2D eigenvalue weighted by Gasteiger charge is 2.31. The van der Waals surface area contributed by atoms with Crippen LogP contribution in [0.25, 0.3) is 0 Å². The van der Waals surface area contributed by atoms with Crippen LogP contribution in [0.3, 0.4) is 0 Å². The standard InChI is InChI=1S/C20H23NO3S/c1-24-19(16-7-9-17(22)10-8-16)20(23)21-12-11-15(13-21)14-25-18-5-3-2-4-6-18/h2-10,15,19,22H,11-14H2,1H3/t15-,19+/m0/s1. The minimum Gasteiger partial charge on any atom is -0.508 e. The van der Waals surface area contributed by atoms with E-state index in [9.17, 15) is 9.90 Å². The largest absolute Gasteiger partial charge is 0.508 e. The smallest absolute Gasteiger partial charge is 0.256 e. The first-order chi connectivity index (χ1) is 12.2. The van der Waals surface area contributed by atoms with E-state index >= 15 is 0 Å². The predicted octanol–water partition coefficient (Wildman–Crippen LogP) is 3.72. The molecule has 25 heavy (non-hydrogen) atoms. The van der Waals surface area contributed by atoms with Crippen molar-refractivity contribution < 1.29 is 14.6 Å². The first-order valence-electron chi connectivity index (χ1n) is 8.45. The van der Waals surface area contributed by atoms with E-state index < -0.39 is 6.10 Å². The summed E-state index contributed by atoms with van der Waals surface area (Å²) in [5, 5.41) is 9.41. The lowest BCUT2D eigenvalue weighted by Crippen LogP contribution is -2.34. The van der Waals surface area contributed by atoms with Crippen LogP contribution in [0, 0.1) is 5.92 Å². The average Bonchev–Trinajstić information content (AvgIpc) is 3.12. The molecule has 1 aliphatic heterocycles. The molecule has 3 rings (SSSR count). The molecule has 132 valence electrons. The lowest BCUT2D eigenvalue weighted by Gasteiger charge is -2.23. The van der Waals surface area contributed by atoms with Gasteiger partial charge in [-0.2, -0.15) is 0 Å². The number of aromatic hydroxyl groups is 1. The topological polar surface area (TPSA) is 49.8 Å². The summed E-state index contributed by atoms with van der Waals surface area (Å²) < 4.78 is 5.44. The van der Waals surface area contributed by atoms with E-state index in [2.05, 4.69) is 12.1 Å². The monoisotopic (exact) mass is 357 g/mol. The molecule has 2 aromatic rings. The summed E-state index contributed by atoms with van der Waals surface area (Å²) in [4.78, 5) is 16.0. The van der Waals surface area contributed by atoms with Crippen LogP contribution < -0.4 is 0 Å². The molecule has 0 spiro atoms. The number of phenols is 1. The Hall–Kier alpha value is -1.98. The normalized spacial score (nSPS) is 18.3. The molecule has 1 amide bonds. The fraction of sp³-hybridized carbons (Fsp3) is 0.350. The van der Waals surface area contributed by atoms with Crippen molar-refractivity contribution in [3.63, 3.8) is 0 Å². The van der Waals surface area contributed by atoms with Crippen molar-refractivity contribution in [2.24, 2.45) is 5.92 Å². The molecule has 0 aliphatic carbocycles. The molecular weight excluding hydrogens is 334 g/mol. The average molecular weight is 357 g/mol. The maximum Gasteiger partial charge on any atom is 0.256 e. The van der Waals surface area contributed by atoms with Gasteiger partial charge in [0.15, 0.2) is 6.10 Å². The summed E-state index contributed by atoms with van der Waals surface area (Å²) in [7, 11) is 1.55. The molecule has 0 bridgehead atoms. The van der Waals surface area contributed by atoms with Gasteiger partial charge in [-0.05, 0) is 42.2 Å². The molecule has 0 radical (unpaired) electrons. The number of likely N-dealkylation sites (tertiary alicyclic amines) is 1. The quantitative estimate of drug-likeness (QED) is 0.801. The summed E-state index contributed by atoms with van der Waals surface area (Å²) in [6, 6.07) is 17.0. The zero-order valence-corrected chi connectivity index (χ0v) is 15.1. The van der Waals surface area contributed by atoms with E-state index in [-0.39, 0.29) is 11.7 Å². The molecule has 4 nitrogen and oxygen atoms in total. The highest BCUT2D eigenvalue weighted by atomic mass is 32.2. The Labute approximate surface area is 152 Å². The maximum absolute atomic E-state index is 12.8. The summed E-state index contributed by atoms with van der Waals surface area (Å²) in [5.41, 5.74) is 0.771. The van der Waals surface area contributed by atoms with Crippen LogP contribution in [0.15, 0.2) is 59.5 Å². The molecule has 0 unspecified atom stereocenters. The van der Waals surface area contributed by atoms with Crippen molar-refractivity contribution in [2.45, 2.75) is 17.4 Å². The molecule has 1 aliphatic rings. The summed E-state index contributed by atoms with van der Waals surface area (Å²) in [6.45, 7) is 1.55. The van der Waals surface area contributed by atoms with Gasteiger partial charge in [0.2, 0.25) is 0 Å². The Morgan fingerprint density at radius 1 is 1.24 bits per heavy atom. The van der Waals surface area contributed by atoms with E-state index in [1.165, 1.54) is 4.90 Å². The zero-order chi connectivity index (χ0) is 17.6. The second-order valence-electron chi connectivity index (χ2n) is 6.27. The van der Waals surface area contributed by atoms with E-state index in [0.29, 0.717) is 5.92 Å². The van der Waals surface area contributed by atoms with Crippen molar-refractivity contribution in [1.82, 2.24) is 4.90 Å². The molecule has 1 N–H and O–H groups in total. The summed E-state index contributed by atoms with van der Waals surface area (Å²) in [5.74, 6) is 1.71. The van der Waals surface area contributed by atoms with Crippen molar-refractivity contribution in [1.29, 1.82) is 0 Å². The van der Waals surface area contributed by atoms with E-state index in [1.807, 2.05) is 34.9 Å². The molecule has 2 atom stereocenters. The third kappa shape index (κ3) is 4.55. The van der Waals surface area contributed by atoms with Gasteiger partial charge in [-0.25, -0.2) is 0 Å². The molecule has 1 heterocycles. The van der Waals surface area contributed by atoms with Gasteiger partial charge in [-0.15, -0.1) is 11.8 Å². The first kappa shape index (κ1) is 17.8. The number of ether oxygens (including phenoxy) is 1. The number of phenolic OH excluding ortho intramolecular Hbond substituents is 1. The van der Waals surface area contributed by atoms with Gasteiger partial charge in [-0.1, -0.05) is 30.3 Å². The Balaban J connectivity index is 1.56. The molecule has 5 heteroatoms. The third-order valence-electron chi connectivity index (χ3n) is 4.48. The van der Waals surface area contributed by atoms with Gasteiger partial charge < -0.3 is 14.7 Å². The lowest BCUT2D eigenvalue weighted by atomic mass is 10.1. The molecular formula is C20H23NO3S. The van der Waals surface area contributed by atoms with Crippen LogP contribution in [0.4, 0.5) is 0 Å². The Morgan fingerprint density at radius 2 is 1.96 bits per heavy atom. The van der Waals surface area contributed by atoms with Crippen molar-refractivity contribution in [3.8, 4) is 5.75 Å². The number of hydrogen-bond donors (Lipinski definition) is 1. The minimum absolute atomic E-state index is 0.000371. The lowest BCUT2D eigenvalue weighted by molar-refractivity contribution is -0.141. The SMILES string of the molecule is CO[C@@H](C(=O)N1CC[C@H](CSc2ccccc2)C1)c1ccc(O)cc1. The first-order valence-corrected chi connectivity index (χ1v) is 9.44.